The zero-order valence-electron chi connectivity index (χ0n) is 17.5. The smallest absolute Gasteiger partial charge is 0.141 e. The Hall–Kier alpha value is -2.30. The highest BCUT2D eigenvalue weighted by Crippen LogP contribution is 2.17. The van der Waals surface area contributed by atoms with Crippen LogP contribution in [0.3, 0.4) is 0 Å². The molecule has 0 bridgehead atoms. The van der Waals surface area contributed by atoms with Gasteiger partial charge in [-0.1, -0.05) is 24.0 Å². The van der Waals surface area contributed by atoms with Crippen molar-refractivity contribution in [1.29, 1.82) is 0 Å². The van der Waals surface area contributed by atoms with E-state index in [0.717, 1.165) is 36.5 Å². The normalized spacial score (nSPS) is 11.1. The van der Waals surface area contributed by atoms with Gasteiger partial charge < -0.3 is 9.64 Å². The predicted octanol–water partition coefficient (Wildman–Crippen LogP) is 3.22. The molecule has 0 aliphatic heterocycles. The number of aryl methyl sites for hydroxylation is 3. The molecule has 0 saturated heterocycles. The summed E-state index contributed by atoms with van der Waals surface area (Å²) in [6, 6.07) is 10.5. The van der Waals surface area contributed by atoms with Crippen LogP contribution >= 0.6 is 0 Å². The van der Waals surface area contributed by atoms with Crippen molar-refractivity contribution in [3.63, 3.8) is 0 Å². The minimum absolute atomic E-state index is 0.921. The van der Waals surface area contributed by atoms with E-state index in [4.69, 9.17) is 9.72 Å². The Morgan fingerprint density at radius 3 is 2.52 bits per heavy atom. The number of methoxy groups -OCH3 is 1. The summed E-state index contributed by atoms with van der Waals surface area (Å²) in [6.07, 6.45) is 7.62. The highest BCUT2D eigenvalue weighted by Gasteiger charge is 2.06. The topological polar surface area (TPSA) is 37.7 Å². The molecule has 0 aliphatic carbocycles. The fourth-order valence-corrected chi connectivity index (χ4v) is 2.96. The number of aliphatic imine (C=N–C) groups is 1. The first-order chi connectivity index (χ1) is 13.0. The van der Waals surface area contributed by atoms with E-state index in [1.54, 1.807) is 7.11 Å². The van der Waals surface area contributed by atoms with Crippen LogP contribution in [-0.2, 0) is 12.8 Å². The van der Waals surface area contributed by atoms with Gasteiger partial charge in [0.05, 0.1) is 24.8 Å². The molecule has 0 N–H and O–H groups in total. The summed E-state index contributed by atoms with van der Waals surface area (Å²) in [5, 5.41) is 0. The summed E-state index contributed by atoms with van der Waals surface area (Å²) < 4.78 is 5.21. The minimum atomic E-state index is 0.921. The molecule has 1 aromatic carbocycles. The molecule has 0 amide bonds. The highest BCUT2D eigenvalue weighted by molar-refractivity contribution is 6.33. The maximum atomic E-state index is 5.21. The van der Waals surface area contributed by atoms with Crippen molar-refractivity contribution in [2.75, 3.05) is 20.7 Å². The third-order valence-electron chi connectivity index (χ3n) is 4.91. The van der Waals surface area contributed by atoms with Gasteiger partial charge in [0.25, 0.3) is 0 Å². The van der Waals surface area contributed by atoms with Crippen LogP contribution in [0.4, 0.5) is 5.69 Å². The number of hydrogen-bond donors (Lipinski definition) is 0. The molecule has 27 heavy (non-hydrogen) atoms. The molecule has 1 aromatic heterocycles. The number of hydrogen-bond acceptors (Lipinski definition) is 3. The van der Waals surface area contributed by atoms with Gasteiger partial charge in [0, 0.05) is 19.3 Å². The van der Waals surface area contributed by atoms with Crippen molar-refractivity contribution >= 4 is 25.3 Å². The first-order valence-electron chi connectivity index (χ1n) is 9.88. The van der Waals surface area contributed by atoms with E-state index in [2.05, 4.69) is 42.9 Å². The summed E-state index contributed by atoms with van der Waals surface area (Å²) in [5.41, 5.74) is 5.80. The molecule has 0 unspecified atom stereocenters. The summed E-state index contributed by atoms with van der Waals surface area (Å²) >= 11 is 0. The molecule has 0 aliphatic rings. The monoisotopic (exact) mass is 365 g/mol. The lowest BCUT2D eigenvalue weighted by Gasteiger charge is -2.11. The molecule has 2 rings (SSSR count). The molecular weight excluding hydrogens is 333 g/mol. The van der Waals surface area contributed by atoms with Gasteiger partial charge in [-0.3, -0.25) is 4.98 Å². The van der Waals surface area contributed by atoms with E-state index < -0.39 is 0 Å². The van der Waals surface area contributed by atoms with Crippen molar-refractivity contribution in [3.8, 4) is 5.75 Å². The van der Waals surface area contributed by atoms with Gasteiger partial charge >= 0.3 is 0 Å². The molecule has 0 fully saturated rings. The van der Waals surface area contributed by atoms with Crippen molar-refractivity contribution in [1.82, 2.24) is 9.88 Å². The summed E-state index contributed by atoms with van der Waals surface area (Å²) in [4.78, 5) is 11.4. The minimum Gasteiger partial charge on any atom is -0.497 e. The molecule has 1 heterocycles. The molecule has 2 aromatic rings. The molecule has 0 spiro atoms. The third-order valence-corrected chi connectivity index (χ3v) is 4.91. The Morgan fingerprint density at radius 1 is 1.15 bits per heavy atom. The van der Waals surface area contributed by atoms with Crippen LogP contribution in [0.2, 0.25) is 0 Å². The van der Waals surface area contributed by atoms with Crippen LogP contribution in [0, 0.1) is 6.92 Å². The largest absolute Gasteiger partial charge is 0.497 e. The summed E-state index contributed by atoms with van der Waals surface area (Å²) in [7, 11) is 5.87. The zero-order chi connectivity index (χ0) is 19.6. The first-order valence-corrected chi connectivity index (χ1v) is 9.88. The van der Waals surface area contributed by atoms with Crippen molar-refractivity contribution < 1.29 is 4.74 Å². The fraction of sp³-hybridized carbons (Fsp3) is 0.455. The average molecular weight is 365 g/mol. The lowest BCUT2D eigenvalue weighted by atomic mass is 9.91. The Kier molecular flexibility index (Phi) is 8.37. The van der Waals surface area contributed by atoms with Crippen LogP contribution < -0.4 is 10.2 Å². The fourth-order valence-electron chi connectivity index (χ4n) is 2.96. The van der Waals surface area contributed by atoms with Gasteiger partial charge in [-0.2, -0.15) is 0 Å². The number of pyridine rings is 1. The van der Waals surface area contributed by atoms with Gasteiger partial charge in [0.2, 0.25) is 0 Å². The van der Waals surface area contributed by atoms with E-state index in [0.29, 0.717) is 0 Å². The van der Waals surface area contributed by atoms with Crippen molar-refractivity contribution in [2.45, 2.75) is 46.0 Å². The molecule has 4 nitrogen and oxygen atoms in total. The van der Waals surface area contributed by atoms with Gasteiger partial charge in [-0.25, -0.2) is 4.99 Å². The van der Waals surface area contributed by atoms with E-state index in [1.165, 1.54) is 36.0 Å². The van der Waals surface area contributed by atoms with Crippen LogP contribution in [-0.4, -0.2) is 44.8 Å². The predicted molar refractivity (Wildman–Crippen MR) is 118 cm³/mol. The number of rotatable bonds is 10. The van der Waals surface area contributed by atoms with E-state index in [9.17, 15) is 0 Å². The summed E-state index contributed by atoms with van der Waals surface area (Å²) in [5.74, 6) is 0.921. The molecule has 0 radical (unpaired) electrons. The van der Waals surface area contributed by atoms with E-state index in [-0.39, 0.29) is 0 Å². The average Bonchev–Trinajstić information content (AvgIpc) is 2.69. The second kappa shape index (κ2) is 10.8. The van der Waals surface area contributed by atoms with Gasteiger partial charge in [-0.15, -0.1) is 0 Å². The lowest BCUT2D eigenvalue weighted by Crippen LogP contribution is -2.16. The summed E-state index contributed by atoms with van der Waals surface area (Å²) in [6.45, 7) is 5.11. The van der Waals surface area contributed by atoms with Gasteiger partial charge in [0.1, 0.15) is 13.6 Å². The standard InChI is InChI=1S/C22H32BN3O/c1-5-26(3)16-24-22-15-20(23)21(25-17(22)2)10-8-6-7-9-18-11-13-19(27-4)14-12-18/h11-16H,5-10,23H2,1-4H3/b24-16+. The zero-order valence-corrected chi connectivity index (χ0v) is 17.5. The second-order valence-electron chi connectivity index (χ2n) is 7.08. The maximum Gasteiger partial charge on any atom is 0.141 e. The molecule has 5 heteroatoms. The van der Waals surface area contributed by atoms with E-state index >= 15 is 0 Å². The first kappa shape index (κ1) is 21.0. The Balaban J connectivity index is 1.81. The second-order valence-corrected chi connectivity index (χ2v) is 7.08. The highest BCUT2D eigenvalue weighted by atomic mass is 16.5. The lowest BCUT2D eigenvalue weighted by molar-refractivity contribution is 0.414. The van der Waals surface area contributed by atoms with Gasteiger partial charge in [0.15, 0.2) is 0 Å². The van der Waals surface area contributed by atoms with Gasteiger partial charge in [-0.05, 0) is 63.3 Å². The SMILES string of the molecule is Bc1cc(/N=C/N(C)CC)c(C)nc1CCCCCc1ccc(OC)cc1. The molecule has 0 saturated carbocycles. The molecule has 0 atom stereocenters. The van der Waals surface area contributed by atoms with Crippen molar-refractivity contribution in [3.05, 3.63) is 47.3 Å². The molecule has 144 valence electrons. The Bertz CT molecular complexity index is 744. The Labute approximate surface area is 165 Å². The number of unbranched alkanes of at least 4 members (excludes halogenated alkanes) is 2. The quantitative estimate of drug-likeness (QED) is 0.281. The van der Waals surface area contributed by atoms with Crippen LogP contribution in [0.5, 0.6) is 5.75 Å². The number of ether oxygens (including phenoxy) is 1. The van der Waals surface area contributed by atoms with Crippen LogP contribution in [0.1, 0.15) is 43.1 Å². The third kappa shape index (κ3) is 6.74. The number of benzene rings is 1. The number of nitrogens with zero attached hydrogens (tertiary/aromatic N) is 3. The Morgan fingerprint density at radius 2 is 1.85 bits per heavy atom. The van der Waals surface area contributed by atoms with E-state index in [1.807, 2.05) is 32.4 Å². The van der Waals surface area contributed by atoms with Crippen LogP contribution in [0.25, 0.3) is 0 Å². The van der Waals surface area contributed by atoms with Crippen molar-refractivity contribution in [2.24, 2.45) is 4.99 Å². The van der Waals surface area contributed by atoms with Crippen LogP contribution in [0.15, 0.2) is 35.3 Å². The molecular formula is C22H32BN3O. The maximum absolute atomic E-state index is 5.21. The number of aromatic nitrogens is 1.